The molecule has 14 heavy (non-hydrogen) atoms. The van der Waals surface area contributed by atoms with E-state index in [9.17, 15) is 0 Å². The van der Waals surface area contributed by atoms with Crippen molar-refractivity contribution in [2.45, 2.75) is 64.3 Å². The van der Waals surface area contributed by atoms with Gasteiger partial charge in [0.05, 0.1) is 5.60 Å². The highest BCUT2D eigenvalue weighted by molar-refractivity contribution is 4.93. The molecule has 1 unspecified atom stereocenters. The van der Waals surface area contributed by atoms with E-state index in [1.54, 1.807) is 7.11 Å². The first-order valence-corrected chi connectivity index (χ1v) is 5.76. The van der Waals surface area contributed by atoms with Gasteiger partial charge in [-0.05, 0) is 37.5 Å². The quantitative estimate of drug-likeness (QED) is 0.644. The second-order valence-electron chi connectivity index (χ2n) is 5.67. The lowest BCUT2D eigenvalue weighted by Gasteiger charge is -2.40. The van der Waals surface area contributed by atoms with Gasteiger partial charge in [-0.1, -0.05) is 13.8 Å². The fourth-order valence-corrected chi connectivity index (χ4v) is 2.69. The molecule has 2 nitrogen and oxygen atoms in total. The molecule has 1 atom stereocenters. The van der Waals surface area contributed by atoms with Crippen LogP contribution in [-0.2, 0) is 9.47 Å². The van der Waals surface area contributed by atoms with Gasteiger partial charge in [0.15, 0.2) is 6.29 Å². The summed E-state index contributed by atoms with van der Waals surface area (Å²) in [6.07, 6.45) is 7.38. The molecule has 0 N–H and O–H groups in total. The van der Waals surface area contributed by atoms with Crippen molar-refractivity contribution >= 4 is 0 Å². The van der Waals surface area contributed by atoms with Crippen molar-refractivity contribution in [3.8, 4) is 0 Å². The number of hydrogen-bond donors (Lipinski definition) is 0. The van der Waals surface area contributed by atoms with Gasteiger partial charge in [-0.3, -0.25) is 0 Å². The molecule has 2 heteroatoms. The van der Waals surface area contributed by atoms with Crippen LogP contribution in [0.1, 0.15) is 52.4 Å². The van der Waals surface area contributed by atoms with Crippen LogP contribution in [0.25, 0.3) is 0 Å². The highest BCUT2D eigenvalue weighted by Gasteiger charge is 2.44. The summed E-state index contributed by atoms with van der Waals surface area (Å²) in [5.74, 6) is 0. The average Bonchev–Trinajstić information content (AvgIpc) is 2.56. The molecule has 1 aliphatic heterocycles. The summed E-state index contributed by atoms with van der Waals surface area (Å²) in [7, 11) is 1.75. The third kappa shape index (κ3) is 1.96. The van der Waals surface area contributed by atoms with Gasteiger partial charge in [-0.25, -0.2) is 0 Å². The van der Waals surface area contributed by atoms with Gasteiger partial charge >= 0.3 is 0 Å². The van der Waals surface area contributed by atoms with Gasteiger partial charge in [0.1, 0.15) is 0 Å². The molecular formula is C12H22O2. The zero-order chi connectivity index (χ0) is 10.2. The molecule has 1 saturated heterocycles. The summed E-state index contributed by atoms with van der Waals surface area (Å²) in [6, 6.07) is 0. The zero-order valence-electron chi connectivity index (χ0n) is 9.64. The molecule has 2 aliphatic rings. The van der Waals surface area contributed by atoms with E-state index in [0.29, 0.717) is 5.41 Å². The van der Waals surface area contributed by atoms with Gasteiger partial charge in [0.25, 0.3) is 0 Å². The van der Waals surface area contributed by atoms with Crippen molar-refractivity contribution in [3.63, 3.8) is 0 Å². The minimum absolute atomic E-state index is 0.0659. The maximum absolute atomic E-state index is 6.01. The standard InChI is InChI=1S/C12H22O2/c1-11(2)6-8-12(9-7-11)5-4-10(13-3)14-12/h10H,4-9H2,1-3H3. The SMILES string of the molecule is COC1CCC2(CCC(C)(C)CC2)O1. The van der Waals surface area contributed by atoms with Crippen molar-refractivity contribution in [2.75, 3.05) is 7.11 Å². The van der Waals surface area contributed by atoms with Gasteiger partial charge in [0.2, 0.25) is 0 Å². The van der Waals surface area contributed by atoms with Crippen molar-refractivity contribution in [1.29, 1.82) is 0 Å². The predicted molar refractivity (Wildman–Crippen MR) is 56.1 cm³/mol. The van der Waals surface area contributed by atoms with Crippen LogP contribution in [0.2, 0.25) is 0 Å². The molecule has 82 valence electrons. The summed E-state index contributed by atoms with van der Waals surface area (Å²) in [5, 5.41) is 0. The van der Waals surface area contributed by atoms with E-state index in [1.165, 1.54) is 32.1 Å². The number of ether oxygens (including phenoxy) is 2. The van der Waals surface area contributed by atoms with Gasteiger partial charge in [0, 0.05) is 13.5 Å². The highest BCUT2D eigenvalue weighted by atomic mass is 16.7. The van der Waals surface area contributed by atoms with E-state index in [2.05, 4.69) is 13.8 Å². The van der Waals surface area contributed by atoms with Gasteiger partial charge < -0.3 is 9.47 Å². The molecule has 2 rings (SSSR count). The van der Waals surface area contributed by atoms with Crippen LogP contribution in [0.3, 0.4) is 0 Å². The smallest absolute Gasteiger partial charge is 0.158 e. The molecule has 2 fully saturated rings. The molecule has 1 spiro atoms. The Balaban J connectivity index is 1.94. The first-order chi connectivity index (χ1) is 6.55. The minimum Gasteiger partial charge on any atom is -0.356 e. The average molecular weight is 198 g/mol. The second-order valence-corrected chi connectivity index (χ2v) is 5.67. The summed E-state index contributed by atoms with van der Waals surface area (Å²) in [4.78, 5) is 0. The Morgan fingerprint density at radius 2 is 1.71 bits per heavy atom. The van der Waals surface area contributed by atoms with E-state index in [0.717, 1.165) is 6.42 Å². The van der Waals surface area contributed by atoms with Crippen LogP contribution >= 0.6 is 0 Å². The van der Waals surface area contributed by atoms with Crippen LogP contribution in [-0.4, -0.2) is 19.0 Å². The Morgan fingerprint density at radius 3 is 2.21 bits per heavy atom. The topological polar surface area (TPSA) is 18.5 Å². The van der Waals surface area contributed by atoms with Crippen LogP contribution < -0.4 is 0 Å². The molecule has 0 amide bonds. The lowest BCUT2D eigenvalue weighted by Crippen LogP contribution is -2.37. The normalized spacial score (nSPS) is 34.9. The lowest BCUT2D eigenvalue weighted by atomic mass is 9.70. The summed E-state index contributed by atoms with van der Waals surface area (Å²) < 4.78 is 11.3. The van der Waals surface area contributed by atoms with Gasteiger partial charge in [-0.2, -0.15) is 0 Å². The molecular weight excluding hydrogens is 176 g/mol. The molecule has 0 radical (unpaired) electrons. The molecule has 1 aliphatic carbocycles. The largest absolute Gasteiger partial charge is 0.356 e. The monoisotopic (exact) mass is 198 g/mol. The Kier molecular flexibility index (Phi) is 2.61. The van der Waals surface area contributed by atoms with Crippen molar-refractivity contribution in [2.24, 2.45) is 5.41 Å². The molecule has 0 aromatic heterocycles. The van der Waals surface area contributed by atoms with Crippen molar-refractivity contribution in [3.05, 3.63) is 0 Å². The third-order valence-corrected chi connectivity index (χ3v) is 3.99. The Bertz CT molecular complexity index is 200. The van der Waals surface area contributed by atoms with Crippen molar-refractivity contribution < 1.29 is 9.47 Å². The molecule has 0 bridgehead atoms. The van der Waals surface area contributed by atoms with E-state index in [1.807, 2.05) is 0 Å². The van der Waals surface area contributed by atoms with Crippen LogP contribution in [0, 0.1) is 5.41 Å². The Morgan fingerprint density at radius 1 is 1.07 bits per heavy atom. The maximum Gasteiger partial charge on any atom is 0.158 e. The van der Waals surface area contributed by atoms with E-state index in [4.69, 9.17) is 9.47 Å². The summed E-state index contributed by atoms with van der Waals surface area (Å²) >= 11 is 0. The van der Waals surface area contributed by atoms with E-state index < -0.39 is 0 Å². The molecule has 0 aromatic rings. The zero-order valence-corrected chi connectivity index (χ0v) is 9.64. The number of methoxy groups -OCH3 is 1. The minimum atomic E-state index is 0.0659. The first kappa shape index (κ1) is 10.4. The number of hydrogen-bond acceptors (Lipinski definition) is 2. The number of rotatable bonds is 1. The Labute approximate surface area is 87.0 Å². The highest BCUT2D eigenvalue weighted by Crippen LogP contribution is 2.47. The van der Waals surface area contributed by atoms with E-state index in [-0.39, 0.29) is 11.9 Å². The molecule has 0 aromatic carbocycles. The lowest BCUT2D eigenvalue weighted by molar-refractivity contribution is -0.170. The van der Waals surface area contributed by atoms with Crippen LogP contribution in [0.15, 0.2) is 0 Å². The summed E-state index contributed by atoms with van der Waals surface area (Å²) in [5.41, 5.74) is 0.704. The summed E-state index contributed by atoms with van der Waals surface area (Å²) in [6.45, 7) is 4.73. The maximum atomic E-state index is 6.01. The van der Waals surface area contributed by atoms with Crippen LogP contribution in [0.5, 0.6) is 0 Å². The van der Waals surface area contributed by atoms with Gasteiger partial charge in [-0.15, -0.1) is 0 Å². The molecule has 1 saturated carbocycles. The fourth-order valence-electron chi connectivity index (χ4n) is 2.69. The Hall–Kier alpha value is -0.0800. The van der Waals surface area contributed by atoms with E-state index >= 15 is 0 Å². The van der Waals surface area contributed by atoms with Crippen molar-refractivity contribution in [1.82, 2.24) is 0 Å². The molecule has 1 heterocycles. The first-order valence-electron chi connectivity index (χ1n) is 5.76. The third-order valence-electron chi connectivity index (χ3n) is 3.99. The predicted octanol–water partition coefficient (Wildman–Crippen LogP) is 3.11. The second kappa shape index (κ2) is 3.49. The fraction of sp³-hybridized carbons (Fsp3) is 1.00. The van der Waals surface area contributed by atoms with Crippen LogP contribution in [0.4, 0.5) is 0 Å².